The maximum Gasteiger partial charge on any atom is 0.407 e. The van der Waals surface area contributed by atoms with Crippen LogP contribution in [0.1, 0.15) is 45.2 Å². The summed E-state index contributed by atoms with van der Waals surface area (Å²) in [5.74, 6) is 0.746. The molecule has 2 rings (SSSR count). The number of rotatable bonds is 6. The van der Waals surface area contributed by atoms with Gasteiger partial charge in [0.15, 0.2) is 11.5 Å². The largest absolute Gasteiger partial charge is 0.450 e. The summed E-state index contributed by atoms with van der Waals surface area (Å²) in [5, 5.41) is 2.89. The summed E-state index contributed by atoms with van der Waals surface area (Å²) in [6.45, 7) is 15.7. The van der Waals surface area contributed by atoms with Crippen LogP contribution in [0, 0.1) is 5.41 Å². The Morgan fingerprint density at radius 2 is 2.00 bits per heavy atom. The van der Waals surface area contributed by atoms with Gasteiger partial charge in [-0.05, 0) is 36.1 Å². The van der Waals surface area contributed by atoms with Crippen LogP contribution in [0.25, 0.3) is 11.1 Å². The van der Waals surface area contributed by atoms with Gasteiger partial charge in [-0.15, -0.1) is 0 Å². The van der Waals surface area contributed by atoms with Crippen molar-refractivity contribution < 1.29 is 13.9 Å². The molecule has 0 aliphatic heterocycles. The Kier molecular flexibility index (Phi) is 6.16. The molecule has 0 saturated heterocycles. The van der Waals surface area contributed by atoms with E-state index in [1.54, 1.807) is 0 Å². The van der Waals surface area contributed by atoms with Crippen LogP contribution >= 0.6 is 0 Å². The van der Waals surface area contributed by atoms with Gasteiger partial charge in [-0.1, -0.05) is 46.5 Å². The monoisotopic (exact) mass is 376 g/mol. The standard InChI is InChI=1S/C20H32N2O3Si/c1-14(21-19(23)24-10-11-26(5,6)7)15-8-9-17-16(12-15)22-18(25-17)13-20(2,3)4/h8-9,12,14H,10-11,13H2,1-7H3,(H,21,23). The first-order valence-corrected chi connectivity index (χ1v) is 13.0. The maximum absolute atomic E-state index is 12.0. The van der Waals surface area contributed by atoms with Gasteiger partial charge >= 0.3 is 6.09 Å². The van der Waals surface area contributed by atoms with Gasteiger partial charge in [-0.2, -0.15) is 0 Å². The lowest BCUT2D eigenvalue weighted by Crippen LogP contribution is -2.29. The summed E-state index contributed by atoms with van der Waals surface area (Å²) in [4.78, 5) is 16.6. The molecule has 0 saturated carbocycles. The van der Waals surface area contributed by atoms with E-state index < -0.39 is 8.07 Å². The van der Waals surface area contributed by atoms with E-state index in [0.29, 0.717) is 6.61 Å². The number of nitrogens with one attached hydrogen (secondary N) is 1. The molecule has 1 aromatic carbocycles. The topological polar surface area (TPSA) is 64.4 Å². The summed E-state index contributed by atoms with van der Waals surface area (Å²) in [6.07, 6.45) is 0.415. The van der Waals surface area contributed by atoms with Crippen LogP contribution in [0.3, 0.4) is 0 Å². The third-order valence-corrected chi connectivity index (χ3v) is 5.76. The van der Waals surface area contributed by atoms with E-state index in [1.807, 2.05) is 25.1 Å². The molecule has 1 unspecified atom stereocenters. The van der Waals surface area contributed by atoms with Crippen LogP contribution in [0.4, 0.5) is 4.79 Å². The van der Waals surface area contributed by atoms with E-state index >= 15 is 0 Å². The molecule has 6 heteroatoms. The van der Waals surface area contributed by atoms with Crippen LogP contribution in [0.5, 0.6) is 0 Å². The first-order valence-electron chi connectivity index (χ1n) is 9.26. The Balaban J connectivity index is 1.99. The number of hydrogen-bond donors (Lipinski definition) is 1. The van der Waals surface area contributed by atoms with E-state index in [-0.39, 0.29) is 17.6 Å². The van der Waals surface area contributed by atoms with Gasteiger partial charge < -0.3 is 14.5 Å². The first-order chi connectivity index (χ1) is 11.9. The van der Waals surface area contributed by atoms with Crippen molar-refractivity contribution in [3.8, 4) is 0 Å². The number of hydrogen-bond acceptors (Lipinski definition) is 4. The highest BCUT2D eigenvalue weighted by Crippen LogP contribution is 2.25. The van der Waals surface area contributed by atoms with Crippen LogP contribution in [-0.2, 0) is 11.2 Å². The lowest BCUT2D eigenvalue weighted by molar-refractivity contribution is 0.148. The molecule has 2 aromatic rings. The van der Waals surface area contributed by atoms with Gasteiger partial charge in [0.05, 0.1) is 12.6 Å². The number of amides is 1. The quantitative estimate of drug-likeness (QED) is 0.672. The van der Waals surface area contributed by atoms with E-state index in [1.165, 1.54) is 0 Å². The van der Waals surface area contributed by atoms with Gasteiger partial charge in [0, 0.05) is 14.5 Å². The summed E-state index contributed by atoms with van der Waals surface area (Å²) in [7, 11) is -1.20. The van der Waals surface area contributed by atoms with Gasteiger partial charge in [-0.25, -0.2) is 9.78 Å². The smallest absolute Gasteiger partial charge is 0.407 e. The number of oxazole rings is 1. The van der Waals surface area contributed by atoms with E-state index in [4.69, 9.17) is 9.15 Å². The minimum absolute atomic E-state index is 0.123. The summed E-state index contributed by atoms with van der Waals surface area (Å²) < 4.78 is 11.1. The predicted octanol–water partition coefficient (Wildman–Crippen LogP) is 5.54. The second kappa shape index (κ2) is 7.82. The number of benzene rings is 1. The molecule has 144 valence electrons. The Morgan fingerprint density at radius 1 is 1.31 bits per heavy atom. The molecule has 0 bridgehead atoms. The molecule has 0 radical (unpaired) electrons. The average molecular weight is 377 g/mol. The highest BCUT2D eigenvalue weighted by Gasteiger charge is 2.18. The zero-order valence-electron chi connectivity index (χ0n) is 17.1. The number of fused-ring (bicyclic) bond motifs is 1. The lowest BCUT2D eigenvalue weighted by Gasteiger charge is -2.17. The fourth-order valence-corrected chi connectivity index (χ4v) is 3.26. The molecule has 1 N–H and O–H groups in total. The molecule has 1 amide bonds. The van der Waals surface area contributed by atoms with Crippen LogP contribution < -0.4 is 5.32 Å². The SMILES string of the molecule is CC(NC(=O)OCC[Si](C)(C)C)c1ccc2oc(CC(C)(C)C)nc2c1. The maximum atomic E-state index is 12.0. The fourth-order valence-electron chi connectivity index (χ4n) is 2.54. The summed E-state index contributed by atoms with van der Waals surface area (Å²) >= 11 is 0. The highest BCUT2D eigenvalue weighted by molar-refractivity contribution is 6.76. The van der Waals surface area contributed by atoms with Crippen molar-refractivity contribution in [1.82, 2.24) is 10.3 Å². The second-order valence-electron chi connectivity index (χ2n) is 9.38. The Hall–Kier alpha value is -1.82. The van der Waals surface area contributed by atoms with Crippen molar-refractivity contribution in [3.05, 3.63) is 29.7 Å². The number of carbonyl (C=O) groups excluding carboxylic acids is 1. The normalized spacial score (nSPS) is 13.7. The molecular weight excluding hydrogens is 344 g/mol. The van der Waals surface area contributed by atoms with Crippen molar-refractivity contribution in [2.45, 2.75) is 65.8 Å². The molecule has 1 heterocycles. The molecule has 0 fully saturated rings. The molecule has 0 aliphatic rings. The molecular formula is C20H32N2O3Si. The van der Waals surface area contributed by atoms with Crippen LogP contribution in [-0.4, -0.2) is 25.8 Å². The summed E-state index contributed by atoms with van der Waals surface area (Å²) in [5.41, 5.74) is 2.70. The van der Waals surface area contributed by atoms with Crippen molar-refractivity contribution in [2.75, 3.05) is 6.61 Å². The Morgan fingerprint density at radius 3 is 2.62 bits per heavy atom. The Bertz CT molecular complexity index is 756. The van der Waals surface area contributed by atoms with Crippen LogP contribution in [0.15, 0.2) is 22.6 Å². The van der Waals surface area contributed by atoms with Crippen molar-refractivity contribution in [2.24, 2.45) is 5.41 Å². The zero-order valence-corrected chi connectivity index (χ0v) is 18.1. The Labute approximate surface area is 157 Å². The highest BCUT2D eigenvalue weighted by atomic mass is 28.3. The van der Waals surface area contributed by atoms with Gasteiger partial charge in [0.25, 0.3) is 0 Å². The molecule has 0 aliphatic carbocycles. The second-order valence-corrected chi connectivity index (χ2v) is 15.0. The molecule has 1 aromatic heterocycles. The van der Waals surface area contributed by atoms with Gasteiger partial charge in [0.2, 0.25) is 0 Å². The summed E-state index contributed by atoms with van der Waals surface area (Å²) in [6, 6.07) is 6.66. The number of alkyl carbamates (subject to hydrolysis) is 1. The number of carbonyl (C=O) groups is 1. The van der Waals surface area contributed by atoms with E-state index in [9.17, 15) is 4.79 Å². The average Bonchev–Trinajstić information content (AvgIpc) is 2.84. The van der Waals surface area contributed by atoms with Crippen molar-refractivity contribution in [1.29, 1.82) is 0 Å². The van der Waals surface area contributed by atoms with Crippen molar-refractivity contribution >= 4 is 25.3 Å². The minimum Gasteiger partial charge on any atom is -0.450 e. The van der Waals surface area contributed by atoms with E-state index in [2.05, 4.69) is 50.7 Å². The zero-order chi connectivity index (χ0) is 19.5. The molecule has 0 spiro atoms. The predicted molar refractivity (Wildman–Crippen MR) is 108 cm³/mol. The van der Waals surface area contributed by atoms with Crippen LogP contribution in [0.2, 0.25) is 25.7 Å². The van der Waals surface area contributed by atoms with E-state index in [0.717, 1.165) is 35.0 Å². The fraction of sp³-hybridized carbons (Fsp3) is 0.600. The van der Waals surface area contributed by atoms with Gasteiger partial charge in [-0.3, -0.25) is 0 Å². The lowest BCUT2D eigenvalue weighted by atomic mass is 9.92. The number of aromatic nitrogens is 1. The number of ether oxygens (including phenoxy) is 1. The first kappa shape index (κ1) is 20.5. The van der Waals surface area contributed by atoms with Crippen molar-refractivity contribution in [3.63, 3.8) is 0 Å². The molecule has 26 heavy (non-hydrogen) atoms. The van der Waals surface area contributed by atoms with Gasteiger partial charge in [0.1, 0.15) is 5.52 Å². The molecule has 5 nitrogen and oxygen atoms in total. The third kappa shape index (κ3) is 6.48. The molecule has 1 atom stereocenters. The minimum atomic E-state index is -1.20. The number of nitrogens with zero attached hydrogens (tertiary/aromatic N) is 1. The third-order valence-electron chi connectivity index (χ3n) is 4.06.